The van der Waals surface area contributed by atoms with Crippen LogP contribution < -0.4 is 29.6 Å². The number of carbonyl (C=O) groups is 2. The number of methoxy groups -OCH3 is 4. The summed E-state index contributed by atoms with van der Waals surface area (Å²) in [4.78, 5) is 25.0. The molecule has 0 fully saturated rings. The van der Waals surface area contributed by atoms with Crippen molar-refractivity contribution in [2.24, 2.45) is 0 Å². The number of carbonyl (C=O) groups excluding carboxylic acids is 2. The highest BCUT2D eigenvalue weighted by atomic mass is 16.5. The van der Waals surface area contributed by atoms with E-state index in [2.05, 4.69) is 22.8 Å². The van der Waals surface area contributed by atoms with Crippen LogP contribution in [0.3, 0.4) is 0 Å². The summed E-state index contributed by atoms with van der Waals surface area (Å²) in [5.41, 5.74) is 4.89. The Morgan fingerprint density at radius 1 is 0.580 bits per heavy atom. The first kappa shape index (κ1) is 38.4. The van der Waals surface area contributed by atoms with Crippen molar-refractivity contribution in [3.63, 3.8) is 0 Å². The zero-order valence-electron chi connectivity index (χ0n) is 30.3. The van der Waals surface area contributed by atoms with Crippen LogP contribution in [0.1, 0.15) is 70.7 Å². The van der Waals surface area contributed by atoms with Crippen LogP contribution in [0.15, 0.2) is 72.8 Å². The lowest BCUT2D eigenvalue weighted by Crippen LogP contribution is -2.17. The third-order valence-electron chi connectivity index (χ3n) is 8.20. The zero-order chi connectivity index (χ0) is 37.2. The molecule has 4 rings (SSSR count). The second-order valence-electron chi connectivity index (χ2n) is 12.6. The van der Waals surface area contributed by atoms with Crippen LogP contribution in [0.5, 0.6) is 23.0 Å². The fourth-order valence-electron chi connectivity index (χ4n) is 5.11. The van der Waals surface area contributed by atoms with E-state index in [-0.39, 0.29) is 11.8 Å². The monoisotopic (exact) mass is 676 g/mol. The maximum Gasteiger partial charge on any atom is 0.255 e. The molecule has 0 unspecified atom stereocenters. The lowest BCUT2D eigenvalue weighted by atomic mass is 9.83. The van der Waals surface area contributed by atoms with E-state index in [9.17, 15) is 20.1 Å². The van der Waals surface area contributed by atoms with Gasteiger partial charge in [-0.3, -0.25) is 9.59 Å². The number of hydrogen-bond acceptors (Lipinski definition) is 8. The number of ether oxygens (including phenoxy) is 4. The largest absolute Gasteiger partial charge is 0.493 e. The fourth-order valence-corrected chi connectivity index (χ4v) is 5.11. The Morgan fingerprint density at radius 2 is 1.08 bits per heavy atom. The van der Waals surface area contributed by atoms with Crippen molar-refractivity contribution in [1.82, 2.24) is 0 Å². The minimum atomic E-state index is -0.573. The van der Waals surface area contributed by atoms with Crippen molar-refractivity contribution >= 4 is 23.2 Å². The SMILES string of the molecule is COc1ccc(C(=O)Nc2ccc(C(C)(C)C#N)c(C)c2)cc1OC.COc1ccc(C(=O)Nc2ccc(C(C)(C)C#N)cc2C)cc1OC. The third kappa shape index (κ3) is 9.12. The first-order chi connectivity index (χ1) is 23.6. The van der Waals surface area contributed by atoms with Crippen LogP contribution in [-0.4, -0.2) is 40.3 Å². The number of nitrogens with one attached hydrogen (secondary N) is 2. The molecule has 0 spiro atoms. The van der Waals surface area contributed by atoms with E-state index in [4.69, 9.17) is 18.9 Å². The predicted molar refractivity (Wildman–Crippen MR) is 195 cm³/mol. The average Bonchev–Trinajstić information content (AvgIpc) is 3.11. The highest BCUT2D eigenvalue weighted by Crippen LogP contribution is 2.31. The summed E-state index contributed by atoms with van der Waals surface area (Å²) in [7, 11) is 6.15. The lowest BCUT2D eigenvalue weighted by Gasteiger charge is -2.19. The summed E-state index contributed by atoms with van der Waals surface area (Å²) in [6, 6.07) is 25.7. The fraction of sp³-hybridized carbons (Fsp3) is 0.300. The number of aryl methyl sites for hydroxylation is 2. The maximum atomic E-state index is 12.5. The Bertz CT molecular complexity index is 1950. The first-order valence-electron chi connectivity index (χ1n) is 15.8. The molecule has 2 N–H and O–H groups in total. The molecule has 0 saturated carbocycles. The van der Waals surface area contributed by atoms with Gasteiger partial charge in [0.15, 0.2) is 23.0 Å². The topological polar surface area (TPSA) is 143 Å². The second-order valence-corrected chi connectivity index (χ2v) is 12.6. The molecule has 50 heavy (non-hydrogen) atoms. The standard InChI is InChI=1S/2C20H22N2O3/c1-13-10-15(7-8-16(13)20(2,3)12-21)22-19(23)14-6-9-17(24-4)18(11-14)25-5;1-13-10-15(20(2,3)12-21)7-8-16(13)22-19(23)14-6-9-17(24-4)18(11-14)25-5/h2*6-11H,1-5H3,(H,22,23). The molecule has 0 atom stereocenters. The van der Waals surface area contributed by atoms with Gasteiger partial charge in [0, 0.05) is 22.5 Å². The summed E-state index contributed by atoms with van der Waals surface area (Å²) in [6.07, 6.45) is 0. The smallest absolute Gasteiger partial charge is 0.255 e. The van der Waals surface area contributed by atoms with Crippen LogP contribution in [0.4, 0.5) is 11.4 Å². The summed E-state index contributed by atoms with van der Waals surface area (Å²) in [6.45, 7) is 11.3. The van der Waals surface area contributed by atoms with Crippen molar-refractivity contribution < 1.29 is 28.5 Å². The van der Waals surface area contributed by atoms with E-state index in [0.717, 1.165) is 22.3 Å². The van der Waals surface area contributed by atoms with Gasteiger partial charge in [-0.2, -0.15) is 10.5 Å². The molecule has 0 bridgehead atoms. The number of benzene rings is 4. The molecule has 0 aromatic heterocycles. The molecule has 0 aliphatic heterocycles. The Kier molecular flexibility index (Phi) is 12.6. The highest BCUT2D eigenvalue weighted by molar-refractivity contribution is 6.05. The predicted octanol–water partition coefficient (Wildman–Crippen LogP) is 8.13. The van der Waals surface area contributed by atoms with Gasteiger partial charge in [-0.15, -0.1) is 0 Å². The summed E-state index contributed by atoms with van der Waals surface area (Å²) >= 11 is 0. The molecule has 10 heteroatoms. The van der Waals surface area contributed by atoms with Gasteiger partial charge >= 0.3 is 0 Å². The second kappa shape index (κ2) is 16.4. The Morgan fingerprint density at radius 3 is 1.52 bits per heavy atom. The molecule has 0 aliphatic carbocycles. The quantitative estimate of drug-likeness (QED) is 0.171. The molecule has 0 heterocycles. The molecule has 0 aliphatic rings. The first-order valence-corrected chi connectivity index (χ1v) is 15.8. The van der Waals surface area contributed by atoms with Gasteiger partial charge in [0.1, 0.15) is 0 Å². The van der Waals surface area contributed by atoms with E-state index in [1.54, 1.807) is 56.7 Å². The van der Waals surface area contributed by atoms with Crippen LogP contribution in [-0.2, 0) is 10.8 Å². The number of nitriles is 2. The average molecular weight is 677 g/mol. The van der Waals surface area contributed by atoms with Crippen LogP contribution in [0.25, 0.3) is 0 Å². The molecule has 260 valence electrons. The van der Waals surface area contributed by atoms with Crippen molar-refractivity contribution in [3.8, 4) is 35.1 Å². The van der Waals surface area contributed by atoms with Gasteiger partial charge in [-0.25, -0.2) is 0 Å². The maximum absolute atomic E-state index is 12.5. The summed E-state index contributed by atoms with van der Waals surface area (Å²) < 4.78 is 20.8. The van der Waals surface area contributed by atoms with E-state index in [1.165, 1.54) is 14.2 Å². The van der Waals surface area contributed by atoms with Crippen molar-refractivity contribution in [1.29, 1.82) is 10.5 Å². The minimum absolute atomic E-state index is 0.239. The number of amides is 2. The zero-order valence-corrected chi connectivity index (χ0v) is 30.3. The molecule has 10 nitrogen and oxygen atoms in total. The van der Waals surface area contributed by atoms with Gasteiger partial charge in [0.25, 0.3) is 11.8 Å². The van der Waals surface area contributed by atoms with Crippen LogP contribution in [0, 0.1) is 36.5 Å². The van der Waals surface area contributed by atoms with Gasteiger partial charge in [0.05, 0.1) is 51.4 Å². The summed E-state index contributed by atoms with van der Waals surface area (Å²) in [5.74, 6) is 1.65. The number of anilines is 2. The van der Waals surface area contributed by atoms with Crippen molar-refractivity contribution in [2.45, 2.75) is 52.4 Å². The van der Waals surface area contributed by atoms with Crippen LogP contribution in [0.2, 0.25) is 0 Å². The van der Waals surface area contributed by atoms with Crippen LogP contribution >= 0.6 is 0 Å². The molecule has 4 aromatic carbocycles. The molecule has 2 amide bonds. The normalized spacial score (nSPS) is 10.7. The Balaban J connectivity index is 0.000000270. The highest BCUT2D eigenvalue weighted by Gasteiger charge is 2.23. The molecule has 0 radical (unpaired) electrons. The summed E-state index contributed by atoms with van der Waals surface area (Å²) in [5, 5.41) is 24.3. The molecular formula is C40H44N4O6. The lowest BCUT2D eigenvalue weighted by molar-refractivity contribution is 0.101. The van der Waals surface area contributed by atoms with Gasteiger partial charge < -0.3 is 29.6 Å². The van der Waals surface area contributed by atoms with Gasteiger partial charge in [0.2, 0.25) is 0 Å². The molecule has 4 aromatic rings. The van der Waals surface area contributed by atoms with Gasteiger partial charge in [-0.1, -0.05) is 18.2 Å². The Labute approximate surface area is 294 Å². The minimum Gasteiger partial charge on any atom is -0.493 e. The van der Waals surface area contributed by atoms with Gasteiger partial charge in [-0.05, 0) is 118 Å². The molecular weight excluding hydrogens is 632 g/mol. The number of nitrogens with zero attached hydrogens (tertiary/aromatic N) is 2. The molecule has 0 saturated heterocycles. The number of rotatable bonds is 10. The Hall–Kier alpha value is -6.00. The van der Waals surface area contributed by atoms with Crippen molar-refractivity contribution in [2.75, 3.05) is 39.1 Å². The van der Waals surface area contributed by atoms with E-state index >= 15 is 0 Å². The van der Waals surface area contributed by atoms with E-state index in [0.29, 0.717) is 45.5 Å². The number of hydrogen-bond donors (Lipinski definition) is 2. The van der Waals surface area contributed by atoms with Crippen molar-refractivity contribution in [3.05, 3.63) is 106 Å². The third-order valence-corrected chi connectivity index (χ3v) is 8.20. The van der Waals surface area contributed by atoms with E-state index in [1.807, 2.05) is 71.9 Å². The van der Waals surface area contributed by atoms with E-state index < -0.39 is 10.8 Å².